The van der Waals surface area contributed by atoms with Crippen LogP contribution >= 0.6 is 0 Å². The van der Waals surface area contributed by atoms with Gasteiger partial charge < -0.3 is 30.9 Å². The van der Waals surface area contributed by atoms with Gasteiger partial charge in [-0.15, -0.1) is 12.3 Å². The van der Waals surface area contributed by atoms with Crippen LogP contribution in [0, 0.1) is 12.3 Å². The Morgan fingerprint density at radius 3 is 2.89 bits per heavy atom. The molecule has 5 atom stereocenters. The fourth-order valence-corrected chi connectivity index (χ4v) is 3.15. The summed E-state index contributed by atoms with van der Waals surface area (Å²) in [5.74, 6) is 2.40. The van der Waals surface area contributed by atoms with Crippen LogP contribution in [0.2, 0.25) is 0 Å². The lowest BCUT2D eigenvalue weighted by Crippen LogP contribution is -2.53. The van der Waals surface area contributed by atoms with Crippen molar-refractivity contribution >= 4 is 22.9 Å². The van der Waals surface area contributed by atoms with Crippen molar-refractivity contribution in [2.75, 3.05) is 25.6 Å². The molecule has 0 spiro atoms. The van der Waals surface area contributed by atoms with E-state index in [1.807, 2.05) is 14.1 Å². The lowest BCUT2D eigenvalue weighted by atomic mass is 10.1. The molecule has 1 aliphatic rings. The largest absolute Gasteiger partial charge is 0.394 e. The Hall–Kier alpha value is -2.78. The fraction of sp³-hybridized carbons (Fsp3) is 0.529. The Morgan fingerprint density at radius 1 is 1.50 bits per heavy atom. The van der Waals surface area contributed by atoms with Crippen LogP contribution in [0.3, 0.4) is 0 Å². The number of aliphatic hydroxyl groups is 2. The van der Waals surface area contributed by atoms with Crippen LogP contribution in [-0.4, -0.2) is 80.6 Å². The number of hydrogen-bond acceptors (Lipinski definition) is 9. The van der Waals surface area contributed by atoms with Crippen LogP contribution in [0.5, 0.6) is 0 Å². The molecule has 5 N–H and O–H groups in total. The first-order valence-corrected chi connectivity index (χ1v) is 8.67. The summed E-state index contributed by atoms with van der Waals surface area (Å²) in [4.78, 5) is 26.7. The number of imidazole rings is 1. The quantitative estimate of drug-likeness (QED) is 0.410. The maximum Gasteiger partial charge on any atom is 0.238 e. The highest BCUT2D eigenvalue weighted by Crippen LogP contribution is 2.32. The molecule has 1 saturated heterocycles. The number of ether oxygens (including phenoxy) is 1. The molecular weight excluding hydrogens is 366 g/mol. The highest BCUT2D eigenvalue weighted by atomic mass is 16.5. The summed E-state index contributed by atoms with van der Waals surface area (Å²) >= 11 is 0. The van der Waals surface area contributed by atoms with Crippen molar-refractivity contribution in [1.29, 1.82) is 0 Å². The van der Waals surface area contributed by atoms with Crippen molar-refractivity contribution in [2.24, 2.45) is 5.73 Å². The molecule has 0 aromatic carbocycles. The van der Waals surface area contributed by atoms with Gasteiger partial charge in [-0.2, -0.15) is 0 Å². The van der Waals surface area contributed by atoms with E-state index in [1.165, 1.54) is 12.7 Å². The first kappa shape index (κ1) is 20.0. The molecule has 5 unspecified atom stereocenters. The molecule has 150 valence electrons. The Balaban J connectivity index is 1.88. The summed E-state index contributed by atoms with van der Waals surface area (Å²) < 4.78 is 7.33. The van der Waals surface area contributed by atoms with Crippen molar-refractivity contribution in [3.05, 3.63) is 12.7 Å². The number of aromatic nitrogens is 4. The van der Waals surface area contributed by atoms with E-state index in [1.54, 1.807) is 9.47 Å². The molecule has 28 heavy (non-hydrogen) atoms. The summed E-state index contributed by atoms with van der Waals surface area (Å²) in [7, 11) is 3.66. The summed E-state index contributed by atoms with van der Waals surface area (Å²) in [5, 5.41) is 23.0. The lowest BCUT2D eigenvalue weighted by molar-refractivity contribution is -0.124. The first-order chi connectivity index (χ1) is 13.4. The number of carbonyl (C=O) groups is 1. The van der Waals surface area contributed by atoms with E-state index in [4.69, 9.17) is 16.9 Å². The molecule has 0 radical (unpaired) electrons. The van der Waals surface area contributed by atoms with Gasteiger partial charge in [0.2, 0.25) is 5.91 Å². The summed E-state index contributed by atoms with van der Waals surface area (Å²) in [6, 6.07) is -1.79. The number of nitrogens with one attached hydrogen (secondary N) is 1. The van der Waals surface area contributed by atoms with Crippen molar-refractivity contribution in [1.82, 2.24) is 24.8 Å². The molecule has 0 bridgehead atoms. The monoisotopic (exact) mass is 389 g/mol. The Labute approximate surface area is 161 Å². The van der Waals surface area contributed by atoms with Gasteiger partial charge in [-0.05, 0) is 0 Å². The highest BCUT2D eigenvalue weighted by molar-refractivity contribution is 5.83. The average Bonchev–Trinajstić information content (AvgIpc) is 3.23. The molecule has 1 amide bonds. The topological polar surface area (TPSA) is 152 Å². The van der Waals surface area contributed by atoms with Crippen LogP contribution in [0.25, 0.3) is 11.2 Å². The van der Waals surface area contributed by atoms with Gasteiger partial charge in [0.15, 0.2) is 23.2 Å². The van der Waals surface area contributed by atoms with Crippen LogP contribution in [-0.2, 0) is 9.53 Å². The zero-order chi connectivity index (χ0) is 20.4. The van der Waals surface area contributed by atoms with E-state index in [-0.39, 0.29) is 6.42 Å². The van der Waals surface area contributed by atoms with Crippen molar-refractivity contribution in [3.8, 4) is 12.3 Å². The SMILES string of the molecule is C#CCC(N)C(=O)NC1C(CO)OC(n2cnc3c(N(C)C)ncnc32)C1O. The van der Waals surface area contributed by atoms with Crippen LogP contribution < -0.4 is 16.0 Å². The van der Waals surface area contributed by atoms with Gasteiger partial charge in [0.05, 0.1) is 25.0 Å². The zero-order valence-corrected chi connectivity index (χ0v) is 15.6. The lowest BCUT2D eigenvalue weighted by Gasteiger charge is -2.22. The number of rotatable bonds is 6. The minimum Gasteiger partial charge on any atom is -0.394 e. The molecule has 0 saturated carbocycles. The van der Waals surface area contributed by atoms with E-state index in [2.05, 4.69) is 26.2 Å². The standard InChI is InChI=1S/C17H23N7O4/c1-4-5-9(18)16(27)22-11-10(6-25)28-17(13(11)26)24-8-21-12-14(23(2)3)19-7-20-15(12)24/h1,7-11,13,17,25-26H,5-6,18H2,2-3H3,(H,22,27). The number of anilines is 1. The second-order valence-electron chi connectivity index (χ2n) is 6.70. The van der Waals surface area contributed by atoms with Crippen molar-refractivity contribution < 1.29 is 19.7 Å². The number of aliphatic hydroxyl groups excluding tert-OH is 2. The van der Waals surface area contributed by atoms with Gasteiger partial charge in [0.1, 0.15) is 18.5 Å². The van der Waals surface area contributed by atoms with Gasteiger partial charge in [0, 0.05) is 20.5 Å². The molecular formula is C17H23N7O4. The maximum atomic E-state index is 12.2. The number of terminal acetylenes is 1. The molecule has 1 aliphatic heterocycles. The Bertz CT molecular complexity index is 893. The average molecular weight is 389 g/mol. The number of nitrogens with two attached hydrogens (primary N) is 1. The van der Waals surface area contributed by atoms with Crippen LogP contribution in [0.15, 0.2) is 12.7 Å². The molecule has 11 nitrogen and oxygen atoms in total. The van der Waals surface area contributed by atoms with E-state index in [0.717, 1.165) is 0 Å². The van der Waals surface area contributed by atoms with Crippen molar-refractivity contribution in [2.45, 2.75) is 36.9 Å². The molecule has 11 heteroatoms. The van der Waals surface area contributed by atoms with Gasteiger partial charge in [-0.1, -0.05) is 0 Å². The molecule has 3 rings (SSSR count). The molecule has 2 aromatic rings. The normalized spacial score (nSPS) is 25.4. The fourth-order valence-electron chi connectivity index (χ4n) is 3.15. The molecule has 1 fully saturated rings. The highest BCUT2D eigenvalue weighted by Gasteiger charge is 2.46. The van der Waals surface area contributed by atoms with E-state index >= 15 is 0 Å². The molecule has 0 aliphatic carbocycles. The number of carbonyl (C=O) groups excluding carboxylic acids is 1. The number of amides is 1. The van der Waals surface area contributed by atoms with E-state index < -0.39 is 43.0 Å². The summed E-state index contributed by atoms with van der Waals surface area (Å²) in [6.07, 6.45) is 5.17. The minimum absolute atomic E-state index is 0.0547. The van der Waals surface area contributed by atoms with Crippen LogP contribution in [0.4, 0.5) is 5.82 Å². The number of fused-ring (bicyclic) bond motifs is 1. The smallest absolute Gasteiger partial charge is 0.238 e. The van der Waals surface area contributed by atoms with E-state index in [0.29, 0.717) is 17.0 Å². The second-order valence-corrected chi connectivity index (χ2v) is 6.70. The Kier molecular flexibility index (Phi) is 5.76. The molecule has 3 heterocycles. The van der Waals surface area contributed by atoms with Gasteiger partial charge in [-0.3, -0.25) is 9.36 Å². The first-order valence-electron chi connectivity index (χ1n) is 8.67. The summed E-state index contributed by atoms with van der Waals surface area (Å²) in [6.45, 7) is -0.409. The predicted octanol–water partition coefficient (Wildman–Crippen LogP) is -2.02. The third kappa shape index (κ3) is 3.50. The maximum absolute atomic E-state index is 12.2. The zero-order valence-electron chi connectivity index (χ0n) is 15.6. The predicted molar refractivity (Wildman–Crippen MR) is 100 cm³/mol. The third-order valence-electron chi connectivity index (χ3n) is 4.58. The number of hydrogen-bond donors (Lipinski definition) is 4. The van der Waals surface area contributed by atoms with Gasteiger partial charge in [0.25, 0.3) is 0 Å². The van der Waals surface area contributed by atoms with E-state index in [9.17, 15) is 15.0 Å². The van der Waals surface area contributed by atoms with Crippen LogP contribution in [0.1, 0.15) is 12.6 Å². The number of nitrogens with zero attached hydrogens (tertiary/aromatic N) is 5. The third-order valence-corrected chi connectivity index (χ3v) is 4.58. The van der Waals surface area contributed by atoms with Crippen molar-refractivity contribution in [3.63, 3.8) is 0 Å². The summed E-state index contributed by atoms with van der Waals surface area (Å²) in [5.41, 5.74) is 6.70. The van der Waals surface area contributed by atoms with Gasteiger partial charge in [-0.25, -0.2) is 15.0 Å². The minimum atomic E-state index is -1.17. The molecule has 2 aromatic heterocycles. The Morgan fingerprint density at radius 2 is 2.25 bits per heavy atom. The van der Waals surface area contributed by atoms with Gasteiger partial charge >= 0.3 is 0 Å². The second kappa shape index (κ2) is 8.07.